The number of nitrogens with zero attached hydrogens (tertiary/aromatic N) is 3. The molecule has 0 N–H and O–H groups in total. The summed E-state index contributed by atoms with van der Waals surface area (Å²) in [6.45, 7) is 5.12. The third-order valence-corrected chi connectivity index (χ3v) is 4.26. The maximum absolute atomic E-state index is 12.8. The molecule has 6 heteroatoms. The van der Waals surface area contributed by atoms with E-state index in [0.29, 0.717) is 23.8 Å². The molecule has 1 aromatic heterocycles. The fourth-order valence-corrected chi connectivity index (χ4v) is 2.98. The average Bonchev–Trinajstić information content (AvgIpc) is 3.01. The van der Waals surface area contributed by atoms with Gasteiger partial charge in [0.1, 0.15) is 5.75 Å². The summed E-state index contributed by atoms with van der Waals surface area (Å²) in [5, 5.41) is 3.85. The molecule has 1 fully saturated rings. The number of piperidine rings is 1. The van der Waals surface area contributed by atoms with Gasteiger partial charge in [-0.3, -0.25) is 4.79 Å². The van der Waals surface area contributed by atoms with Gasteiger partial charge in [-0.15, -0.1) is 0 Å². The first kappa shape index (κ1) is 15.5. The van der Waals surface area contributed by atoms with E-state index < -0.39 is 0 Å². The number of hydrogen-bond donors (Lipinski definition) is 0. The number of methoxy groups -OCH3 is 1. The summed E-state index contributed by atoms with van der Waals surface area (Å²) in [5.74, 6) is 2.12. The van der Waals surface area contributed by atoms with Crippen LogP contribution in [-0.2, 0) is 0 Å². The normalized spacial score (nSPS) is 18.0. The monoisotopic (exact) mass is 315 g/mol. The number of likely N-dealkylation sites (tertiary alicyclic amines) is 1. The van der Waals surface area contributed by atoms with E-state index in [9.17, 15) is 4.79 Å². The van der Waals surface area contributed by atoms with Gasteiger partial charge in [-0.25, -0.2) is 0 Å². The Morgan fingerprint density at radius 3 is 2.91 bits per heavy atom. The highest BCUT2D eigenvalue weighted by Gasteiger charge is 2.29. The average molecular weight is 315 g/mol. The van der Waals surface area contributed by atoms with Gasteiger partial charge in [-0.2, -0.15) is 4.98 Å². The molecule has 1 aliphatic rings. The largest absolute Gasteiger partial charge is 0.496 e. The highest BCUT2D eigenvalue weighted by molar-refractivity contribution is 5.94. The zero-order valence-electron chi connectivity index (χ0n) is 13.7. The van der Waals surface area contributed by atoms with Crippen molar-refractivity contribution in [1.29, 1.82) is 0 Å². The zero-order valence-corrected chi connectivity index (χ0v) is 13.7. The number of ether oxygens (including phenoxy) is 1. The Balaban J connectivity index is 1.76. The van der Waals surface area contributed by atoms with Gasteiger partial charge in [0.2, 0.25) is 5.89 Å². The molecular formula is C17H21N3O3. The molecule has 1 saturated heterocycles. The Labute approximate surface area is 135 Å². The lowest BCUT2D eigenvalue weighted by Gasteiger charge is -2.31. The fraction of sp³-hybridized carbons (Fsp3) is 0.471. The van der Waals surface area contributed by atoms with Gasteiger partial charge in [-0.1, -0.05) is 11.2 Å². The van der Waals surface area contributed by atoms with Crippen LogP contribution >= 0.6 is 0 Å². The van der Waals surface area contributed by atoms with E-state index >= 15 is 0 Å². The van der Waals surface area contributed by atoms with Crippen molar-refractivity contribution in [3.05, 3.63) is 41.0 Å². The van der Waals surface area contributed by atoms with Gasteiger partial charge in [-0.05, 0) is 44.4 Å². The molecule has 1 aliphatic heterocycles. The lowest BCUT2D eigenvalue weighted by Crippen LogP contribution is -2.39. The van der Waals surface area contributed by atoms with Gasteiger partial charge in [0, 0.05) is 18.7 Å². The summed E-state index contributed by atoms with van der Waals surface area (Å²) in [4.78, 5) is 18.9. The van der Waals surface area contributed by atoms with E-state index in [2.05, 4.69) is 10.1 Å². The van der Waals surface area contributed by atoms with Crippen molar-refractivity contribution in [2.45, 2.75) is 32.6 Å². The second-order valence-corrected chi connectivity index (χ2v) is 5.95. The van der Waals surface area contributed by atoms with Crippen LogP contribution < -0.4 is 4.74 Å². The smallest absolute Gasteiger partial charge is 0.254 e. The number of aryl methyl sites for hydroxylation is 2. The van der Waals surface area contributed by atoms with Crippen molar-refractivity contribution in [2.24, 2.45) is 0 Å². The topological polar surface area (TPSA) is 68.5 Å². The maximum Gasteiger partial charge on any atom is 0.254 e. The van der Waals surface area contributed by atoms with Crippen LogP contribution in [0, 0.1) is 13.8 Å². The summed E-state index contributed by atoms with van der Waals surface area (Å²) in [7, 11) is 1.62. The lowest BCUT2D eigenvalue weighted by molar-refractivity contribution is 0.0695. The summed E-state index contributed by atoms with van der Waals surface area (Å²) >= 11 is 0. The van der Waals surface area contributed by atoms with Crippen LogP contribution in [0.4, 0.5) is 0 Å². The molecule has 2 aromatic rings. The van der Waals surface area contributed by atoms with Crippen LogP contribution in [0.2, 0.25) is 0 Å². The third kappa shape index (κ3) is 3.21. The minimum atomic E-state index is 0.0178. The highest BCUT2D eigenvalue weighted by atomic mass is 16.5. The molecule has 1 atom stereocenters. The van der Waals surface area contributed by atoms with Crippen molar-refractivity contribution < 1.29 is 14.1 Å². The predicted octanol–water partition coefficient (Wildman–Crippen LogP) is 2.71. The first-order chi connectivity index (χ1) is 11.1. The Hall–Kier alpha value is -2.37. The van der Waals surface area contributed by atoms with Crippen LogP contribution in [-0.4, -0.2) is 41.1 Å². The predicted molar refractivity (Wildman–Crippen MR) is 84.6 cm³/mol. The molecule has 0 radical (unpaired) electrons. The van der Waals surface area contributed by atoms with Gasteiger partial charge in [0.25, 0.3) is 5.91 Å². The molecule has 6 nitrogen and oxygen atoms in total. The zero-order chi connectivity index (χ0) is 16.4. The second-order valence-electron chi connectivity index (χ2n) is 5.95. The van der Waals surface area contributed by atoms with Crippen LogP contribution in [0.1, 0.15) is 46.4 Å². The summed E-state index contributed by atoms with van der Waals surface area (Å²) in [6, 6.07) is 5.56. The highest BCUT2D eigenvalue weighted by Crippen LogP contribution is 2.27. The first-order valence-corrected chi connectivity index (χ1v) is 7.82. The van der Waals surface area contributed by atoms with Crippen molar-refractivity contribution in [3.8, 4) is 5.75 Å². The van der Waals surface area contributed by atoms with Gasteiger partial charge < -0.3 is 14.2 Å². The van der Waals surface area contributed by atoms with E-state index in [-0.39, 0.29) is 11.8 Å². The van der Waals surface area contributed by atoms with Crippen LogP contribution in [0.15, 0.2) is 22.7 Å². The number of carbonyl (C=O) groups is 1. The fourth-order valence-electron chi connectivity index (χ4n) is 2.98. The number of aromatic nitrogens is 2. The van der Waals surface area contributed by atoms with Gasteiger partial charge in [0.05, 0.1) is 13.0 Å². The molecule has 3 rings (SSSR count). The minimum absolute atomic E-state index is 0.0178. The molecule has 1 amide bonds. The van der Waals surface area contributed by atoms with E-state index in [0.717, 1.165) is 30.7 Å². The molecule has 122 valence electrons. The lowest BCUT2D eigenvalue weighted by atomic mass is 9.97. The molecule has 0 spiro atoms. The Bertz CT molecular complexity index is 711. The van der Waals surface area contributed by atoms with E-state index in [1.165, 1.54) is 0 Å². The number of carbonyl (C=O) groups excluding carboxylic acids is 1. The molecule has 1 aromatic carbocycles. The second kappa shape index (κ2) is 6.40. The Morgan fingerprint density at radius 1 is 1.39 bits per heavy atom. The molecule has 0 bridgehead atoms. The Morgan fingerprint density at radius 2 is 2.22 bits per heavy atom. The van der Waals surface area contributed by atoms with Gasteiger partial charge >= 0.3 is 0 Å². The summed E-state index contributed by atoms with van der Waals surface area (Å²) in [5.41, 5.74) is 1.66. The summed E-state index contributed by atoms with van der Waals surface area (Å²) < 4.78 is 10.6. The molecule has 0 unspecified atom stereocenters. The molecule has 23 heavy (non-hydrogen) atoms. The van der Waals surface area contributed by atoms with E-state index in [1.807, 2.05) is 24.0 Å². The molecule has 0 saturated carbocycles. The van der Waals surface area contributed by atoms with Crippen molar-refractivity contribution in [3.63, 3.8) is 0 Å². The SMILES string of the molecule is COc1cc(C(=O)N2CCC[C@@H](c3nc(C)no3)C2)ccc1C. The van der Waals surface area contributed by atoms with E-state index in [1.54, 1.807) is 20.1 Å². The van der Waals surface area contributed by atoms with E-state index in [4.69, 9.17) is 9.26 Å². The molecule has 0 aliphatic carbocycles. The standard InChI is InChI=1S/C17H21N3O3/c1-11-6-7-13(9-15(11)22-3)17(21)20-8-4-5-14(10-20)16-18-12(2)19-23-16/h6-7,9,14H,4-5,8,10H2,1-3H3/t14-/m1/s1. The first-order valence-electron chi connectivity index (χ1n) is 7.82. The minimum Gasteiger partial charge on any atom is -0.496 e. The number of hydrogen-bond acceptors (Lipinski definition) is 5. The van der Waals surface area contributed by atoms with Crippen molar-refractivity contribution in [1.82, 2.24) is 15.0 Å². The molecular weight excluding hydrogens is 294 g/mol. The van der Waals surface area contributed by atoms with Crippen molar-refractivity contribution in [2.75, 3.05) is 20.2 Å². The number of benzene rings is 1. The Kier molecular flexibility index (Phi) is 4.32. The molecule has 2 heterocycles. The quantitative estimate of drug-likeness (QED) is 0.871. The van der Waals surface area contributed by atoms with Crippen LogP contribution in [0.3, 0.4) is 0 Å². The van der Waals surface area contributed by atoms with Gasteiger partial charge in [0.15, 0.2) is 5.82 Å². The van der Waals surface area contributed by atoms with Crippen molar-refractivity contribution >= 4 is 5.91 Å². The maximum atomic E-state index is 12.8. The third-order valence-electron chi connectivity index (χ3n) is 4.26. The van der Waals surface area contributed by atoms with Crippen LogP contribution in [0.25, 0.3) is 0 Å². The number of rotatable bonds is 3. The van der Waals surface area contributed by atoms with Crippen LogP contribution in [0.5, 0.6) is 5.75 Å². The number of amides is 1. The summed E-state index contributed by atoms with van der Waals surface area (Å²) in [6.07, 6.45) is 1.89.